The lowest BCUT2D eigenvalue weighted by Gasteiger charge is -2.34. The molecule has 0 saturated carbocycles. The molecule has 0 N–H and O–H groups in total. The maximum atomic E-state index is 2.57. The third-order valence-electron chi connectivity index (χ3n) is 6.97. The van der Waals surface area contributed by atoms with E-state index in [-0.39, 0.29) is 5.41 Å². The molecule has 0 bridgehead atoms. The molecule has 0 aromatic heterocycles. The van der Waals surface area contributed by atoms with Gasteiger partial charge in [-0.25, -0.2) is 0 Å². The maximum absolute atomic E-state index is 2.57. The predicted octanol–water partition coefficient (Wildman–Crippen LogP) is 9.07. The van der Waals surface area contributed by atoms with Crippen LogP contribution in [0.5, 0.6) is 0 Å². The van der Waals surface area contributed by atoms with Crippen molar-refractivity contribution in [1.29, 1.82) is 0 Å². The minimum absolute atomic E-state index is 0.191. The van der Waals surface area contributed by atoms with Crippen LogP contribution in [0.15, 0.2) is 127 Å². The summed E-state index contributed by atoms with van der Waals surface area (Å²) < 4.78 is 0. The third-order valence-corrected chi connectivity index (χ3v) is 6.97. The van der Waals surface area contributed by atoms with E-state index < -0.39 is 0 Å². The Labute approximate surface area is 204 Å². The van der Waals surface area contributed by atoms with E-state index in [9.17, 15) is 0 Å². The second kappa shape index (κ2) is 9.69. The van der Waals surface area contributed by atoms with Gasteiger partial charge in [-0.3, -0.25) is 0 Å². The highest BCUT2D eigenvalue weighted by Crippen LogP contribution is 2.57. The number of hydrogen-bond acceptors (Lipinski definition) is 0. The van der Waals surface area contributed by atoms with Gasteiger partial charge in [0.2, 0.25) is 0 Å². The van der Waals surface area contributed by atoms with Crippen molar-refractivity contribution in [1.82, 2.24) is 0 Å². The Hall–Kier alpha value is -3.64. The lowest BCUT2D eigenvalue weighted by Crippen LogP contribution is -2.25. The van der Waals surface area contributed by atoms with Crippen LogP contribution in [-0.2, 0) is 5.41 Å². The molecule has 34 heavy (non-hydrogen) atoms. The minimum Gasteiger partial charge on any atom is -0.0628 e. The summed E-state index contributed by atoms with van der Waals surface area (Å²) in [6.07, 6.45) is 4.81. The molecule has 0 radical (unpaired) electrons. The number of benzene rings is 4. The van der Waals surface area contributed by atoms with E-state index in [1.54, 1.807) is 0 Å². The average Bonchev–Trinajstić information content (AvgIpc) is 3.26. The summed E-state index contributed by atoms with van der Waals surface area (Å²) in [4.78, 5) is 0. The van der Waals surface area contributed by atoms with Crippen molar-refractivity contribution in [2.75, 3.05) is 0 Å². The Morgan fingerprint density at radius 1 is 0.559 bits per heavy atom. The molecule has 1 atom stereocenters. The Bertz CT molecular complexity index is 1280. The molecule has 0 spiro atoms. The molecule has 0 amide bonds. The molecular weight excluding hydrogens is 408 g/mol. The van der Waals surface area contributed by atoms with Gasteiger partial charge < -0.3 is 0 Å². The van der Waals surface area contributed by atoms with Crippen LogP contribution in [0.25, 0.3) is 16.7 Å². The summed E-state index contributed by atoms with van der Waals surface area (Å²) in [5, 5.41) is 0. The molecular formula is C34H32. The standard InChI is InChI=1S/C34H32/c1-26(2)23-24-34(30-21-13-6-14-22-30)25-31(27-15-7-3-8-16-27)32(28-17-9-4-10-18-28)33(34)29-19-11-5-12-20-29/h3-22,25-26H,23-24H2,1-2H3. The lowest BCUT2D eigenvalue weighted by atomic mass is 9.69. The second-order valence-corrected chi connectivity index (χ2v) is 9.68. The first kappa shape index (κ1) is 22.2. The van der Waals surface area contributed by atoms with Crippen LogP contribution in [0.4, 0.5) is 0 Å². The Morgan fingerprint density at radius 2 is 1.03 bits per heavy atom. The van der Waals surface area contributed by atoms with Crippen LogP contribution < -0.4 is 0 Å². The predicted molar refractivity (Wildman–Crippen MR) is 146 cm³/mol. The summed E-state index contributed by atoms with van der Waals surface area (Å²) in [6, 6.07) is 44.0. The zero-order valence-corrected chi connectivity index (χ0v) is 20.1. The van der Waals surface area contributed by atoms with E-state index in [4.69, 9.17) is 0 Å². The highest BCUT2D eigenvalue weighted by Gasteiger charge is 2.42. The van der Waals surface area contributed by atoms with Gasteiger partial charge in [0.15, 0.2) is 0 Å². The molecule has 0 nitrogen and oxygen atoms in total. The molecule has 0 aliphatic heterocycles. The fraction of sp³-hybridized carbons (Fsp3) is 0.176. The average molecular weight is 441 g/mol. The van der Waals surface area contributed by atoms with Crippen LogP contribution >= 0.6 is 0 Å². The summed E-state index contributed by atoms with van der Waals surface area (Å²) in [6.45, 7) is 4.67. The molecule has 168 valence electrons. The molecule has 1 aliphatic rings. The molecule has 0 heteroatoms. The van der Waals surface area contributed by atoms with E-state index in [0.717, 1.165) is 12.8 Å². The molecule has 1 aliphatic carbocycles. The van der Waals surface area contributed by atoms with Crippen LogP contribution in [0, 0.1) is 5.92 Å². The normalized spacial score (nSPS) is 17.8. The van der Waals surface area contributed by atoms with E-state index in [1.807, 2.05) is 0 Å². The van der Waals surface area contributed by atoms with Gasteiger partial charge in [0.25, 0.3) is 0 Å². The topological polar surface area (TPSA) is 0 Å². The van der Waals surface area contributed by atoms with Crippen LogP contribution in [0.2, 0.25) is 0 Å². The lowest BCUT2D eigenvalue weighted by molar-refractivity contribution is 0.493. The summed E-state index contributed by atoms with van der Waals surface area (Å²) >= 11 is 0. The molecule has 0 fully saturated rings. The molecule has 0 heterocycles. The van der Waals surface area contributed by atoms with Crippen molar-refractivity contribution in [2.24, 2.45) is 5.92 Å². The van der Waals surface area contributed by atoms with Crippen LogP contribution in [0.3, 0.4) is 0 Å². The first-order chi connectivity index (χ1) is 16.7. The van der Waals surface area contributed by atoms with Gasteiger partial charge in [-0.15, -0.1) is 0 Å². The van der Waals surface area contributed by atoms with Crippen molar-refractivity contribution < 1.29 is 0 Å². The Morgan fingerprint density at radius 3 is 1.56 bits per heavy atom. The van der Waals surface area contributed by atoms with Gasteiger partial charge in [-0.05, 0) is 57.7 Å². The highest BCUT2D eigenvalue weighted by molar-refractivity contribution is 6.21. The fourth-order valence-corrected chi connectivity index (χ4v) is 5.33. The molecule has 1 unspecified atom stereocenters. The van der Waals surface area contributed by atoms with Gasteiger partial charge in [0.1, 0.15) is 0 Å². The van der Waals surface area contributed by atoms with Crippen molar-refractivity contribution >= 4 is 16.7 Å². The zero-order valence-electron chi connectivity index (χ0n) is 20.1. The number of rotatable bonds is 7. The first-order valence-electron chi connectivity index (χ1n) is 12.4. The zero-order chi connectivity index (χ0) is 23.4. The highest BCUT2D eigenvalue weighted by atomic mass is 14.4. The van der Waals surface area contributed by atoms with Crippen molar-refractivity contribution in [3.05, 3.63) is 150 Å². The van der Waals surface area contributed by atoms with Gasteiger partial charge >= 0.3 is 0 Å². The minimum atomic E-state index is -0.191. The van der Waals surface area contributed by atoms with Crippen LogP contribution in [-0.4, -0.2) is 0 Å². The van der Waals surface area contributed by atoms with E-state index in [0.29, 0.717) is 5.92 Å². The van der Waals surface area contributed by atoms with E-state index in [2.05, 4.69) is 141 Å². The number of allylic oxidation sites excluding steroid dienone is 4. The third kappa shape index (κ3) is 4.17. The van der Waals surface area contributed by atoms with Crippen LogP contribution in [0.1, 0.15) is 48.9 Å². The van der Waals surface area contributed by atoms with Gasteiger partial charge in [0.05, 0.1) is 0 Å². The molecule has 4 aromatic rings. The SMILES string of the molecule is CC(C)CCC1(c2ccccc2)C=C(c2ccccc2)C(c2ccccc2)=C1c1ccccc1. The summed E-state index contributed by atoms with van der Waals surface area (Å²) in [5.74, 6) is 0.631. The molecule has 5 rings (SSSR count). The quantitative estimate of drug-likeness (QED) is 0.269. The van der Waals surface area contributed by atoms with Crippen molar-refractivity contribution in [2.45, 2.75) is 32.1 Å². The van der Waals surface area contributed by atoms with Gasteiger partial charge in [-0.2, -0.15) is 0 Å². The van der Waals surface area contributed by atoms with Crippen molar-refractivity contribution in [3.63, 3.8) is 0 Å². The molecule has 0 saturated heterocycles. The summed E-state index contributed by atoms with van der Waals surface area (Å²) in [7, 11) is 0. The fourth-order valence-electron chi connectivity index (χ4n) is 5.33. The summed E-state index contributed by atoms with van der Waals surface area (Å²) in [5.41, 5.74) is 9.14. The Kier molecular flexibility index (Phi) is 6.32. The van der Waals surface area contributed by atoms with Gasteiger partial charge in [0, 0.05) is 5.41 Å². The van der Waals surface area contributed by atoms with E-state index >= 15 is 0 Å². The Balaban J connectivity index is 1.88. The largest absolute Gasteiger partial charge is 0.0628 e. The number of hydrogen-bond donors (Lipinski definition) is 0. The van der Waals surface area contributed by atoms with E-state index in [1.165, 1.54) is 39.0 Å². The second-order valence-electron chi connectivity index (χ2n) is 9.68. The molecule has 4 aromatic carbocycles. The van der Waals surface area contributed by atoms with Gasteiger partial charge in [-0.1, -0.05) is 141 Å². The van der Waals surface area contributed by atoms with Crippen molar-refractivity contribution in [3.8, 4) is 0 Å². The maximum Gasteiger partial charge on any atom is 0.0403 e. The smallest absolute Gasteiger partial charge is 0.0403 e. The monoisotopic (exact) mass is 440 g/mol. The first-order valence-corrected chi connectivity index (χ1v) is 12.4.